The number of hydrogen-bond donors (Lipinski definition) is 0. The lowest BCUT2D eigenvalue weighted by Crippen LogP contribution is -2.41. The molecule has 0 bridgehead atoms. The van der Waals surface area contributed by atoms with Gasteiger partial charge < -0.3 is 14.0 Å². The Hall–Kier alpha value is -2.38. The third kappa shape index (κ3) is 2.77. The van der Waals surface area contributed by atoms with Crippen LogP contribution >= 0.6 is 0 Å². The Balaban J connectivity index is 1.60. The van der Waals surface area contributed by atoms with Gasteiger partial charge in [-0.1, -0.05) is 24.3 Å². The van der Waals surface area contributed by atoms with Crippen molar-refractivity contribution in [3.05, 3.63) is 42.6 Å². The Morgan fingerprint density at radius 2 is 1.65 bits per heavy atom. The van der Waals surface area contributed by atoms with Crippen LogP contribution in [0.3, 0.4) is 0 Å². The van der Waals surface area contributed by atoms with Crippen molar-refractivity contribution in [2.24, 2.45) is 0 Å². The average Bonchev–Trinajstić information content (AvgIpc) is 3.12. The lowest BCUT2D eigenvalue weighted by atomic mass is 9.79. The first-order valence-electron chi connectivity index (χ1n) is 8.65. The van der Waals surface area contributed by atoms with E-state index >= 15 is 0 Å². The van der Waals surface area contributed by atoms with E-state index in [4.69, 9.17) is 14.0 Å². The summed E-state index contributed by atoms with van der Waals surface area (Å²) in [6.45, 7) is 8.22. The van der Waals surface area contributed by atoms with Gasteiger partial charge >= 0.3 is 7.12 Å². The van der Waals surface area contributed by atoms with Crippen molar-refractivity contribution in [1.82, 2.24) is 14.6 Å². The molecule has 1 aromatic carbocycles. The van der Waals surface area contributed by atoms with E-state index in [0.717, 1.165) is 22.4 Å². The molecular weight excluding hydrogens is 329 g/mol. The molecule has 26 heavy (non-hydrogen) atoms. The predicted octanol–water partition coefficient (Wildman–Crippen LogP) is 2.70. The fraction of sp³-hybridized carbons (Fsp3) is 0.368. The van der Waals surface area contributed by atoms with Crippen molar-refractivity contribution >= 4 is 18.2 Å². The lowest BCUT2D eigenvalue weighted by Gasteiger charge is -2.32. The number of hydrogen-bond acceptors (Lipinski definition) is 5. The second-order valence-corrected chi connectivity index (χ2v) is 7.51. The van der Waals surface area contributed by atoms with Crippen LogP contribution in [0, 0.1) is 0 Å². The molecule has 2 aromatic heterocycles. The number of aromatic nitrogens is 3. The Labute approximate surface area is 153 Å². The average molecular weight is 351 g/mol. The van der Waals surface area contributed by atoms with Crippen molar-refractivity contribution < 1.29 is 14.0 Å². The summed E-state index contributed by atoms with van der Waals surface area (Å²) in [6, 6.07) is 11.8. The van der Waals surface area contributed by atoms with Gasteiger partial charge in [0.1, 0.15) is 0 Å². The summed E-state index contributed by atoms with van der Waals surface area (Å²) in [7, 11) is 1.24. The molecule has 4 rings (SSSR count). The number of fused-ring (bicyclic) bond motifs is 1. The molecule has 1 saturated heterocycles. The van der Waals surface area contributed by atoms with Gasteiger partial charge in [0, 0.05) is 23.9 Å². The SMILES string of the molecule is COc1ccn2nc(-c3ccc(B4OC(C)(C)C(C)(C)O4)cc3)cc2n1. The third-order valence-corrected chi connectivity index (χ3v) is 5.24. The van der Waals surface area contributed by atoms with Gasteiger partial charge in [0.25, 0.3) is 0 Å². The molecule has 0 saturated carbocycles. The van der Waals surface area contributed by atoms with Crippen LogP contribution in [0.25, 0.3) is 16.9 Å². The highest BCUT2D eigenvalue weighted by molar-refractivity contribution is 6.62. The summed E-state index contributed by atoms with van der Waals surface area (Å²) in [4.78, 5) is 4.39. The standard InChI is InChI=1S/C19H22BN3O3/c1-18(2)19(3,4)26-20(25-18)14-8-6-13(7-9-14)15-12-16-21-17(24-5)10-11-23(16)22-15/h6-12H,1-5H3. The molecule has 0 unspecified atom stereocenters. The molecular formula is C19H22BN3O3. The maximum absolute atomic E-state index is 6.10. The van der Waals surface area contributed by atoms with Crippen LogP contribution < -0.4 is 10.2 Å². The van der Waals surface area contributed by atoms with E-state index in [0.29, 0.717) is 5.88 Å². The number of benzene rings is 1. The Morgan fingerprint density at radius 3 is 2.27 bits per heavy atom. The van der Waals surface area contributed by atoms with Crippen molar-refractivity contribution in [3.63, 3.8) is 0 Å². The molecule has 0 atom stereocenters. The van der Waals surface area contributed by atoms with Gasteiger partial charge in [0.2, 0.25) is 5.88 Å². The number of rotatable bonds is 3. The van der Waals surface area contributed by atoms with E-state index in [-0.39, 0.29) is 18.3 Å². The lowest BCUT2D eigenvalue weighted by molar-refractivity contribution is 0.00578. The molecule has 7 heteroatoms. The molecule has 3 heterocycles. The molecule has 0 amide bonds. The predicted molar refractivity (Wildman–Crippen MR) is 101 cm³/mol. The molecule has 3 aromatic rings. The van der Waals surface area contributed by atoms with E-state index in [2.05, 4.69) is 37.8 Å². The smallest absolute Gasteiger partial charge is 0.481 e. The molecule has 1 aliphatic rings. The van der Waals surface area contributed by atoms with Crippen LogP contribution in [0.15, 0.2) is 42.6 Å². The van der Waals surface area contributed by atoms with Gasteiger partial charge in [-0.2, -0.15) is 10.1 Å². The summed E-state index contributed by atoms with van der Waals surface area (Å²) >= 11 is 0. The van der Waals surface area contributed by atoms with Crippen molar-refractivity contribution in [2.75, 3.05) is 7.11 Å². The summed E-state index contributed by atoms with van der Waals surface area (Å²) in [5.74, 6) is 0.569. The summed E-state index contributed by atoms with van der Waals surface area (Å²) in [5, 5.41) is 4.57. The van der Waals surface area contributed by atoms with Crippen LogP contribution in [-0.2, 0) is 9.31 Å². The fourth-order valence-electron chi connectivity index (χ4n) is 2.91. The molecule has 0 radical (unpaired) electrons. The van der Waals surface area contributed by atoms with E-state index in [1.165, 1.54) is 0 Å². The summed E-state index contributed by atoms with van der Waals surface area (Å²) < 4.78 is 19.1. The monoisotopic (exact) mass is 351 g/mol. The minimum Gasteiger partial charge on any atom is -0.481 e. The minimum atomic E-state index is -0.360. The van der Waals surface area contributed by atoms with Crippen LogP contribution in [0.5, 0.6) is 5.88 Å². The van der Waals surface area contributed by atoms with Gasteiger partial charge in [0.05, 0.1) is 24.0 Å². The molecule has 0 aliphatic carbocycles. The maximum Gasteiger partial charge on any atom is 0.494 e. The maximum atomic E-state index is 6.10. The first-order valence-corrected chi connectivity index (χ1v) is 8.65. The Morgan fingerprint density at radius 1 is 1.00 bits per heavy atom. The van der Waals surface area contributed by atoms with Crippen molar-refractivity contribution in [3.8, 4) is 17.1 Å². The first kappa shape index (κ1) is 17.1. The van der Waals surface area contributed by atoms with Crippen LogP contribution in [0.2, 0.25) is 0 Å². The first-order chi connectivity index (χ1) is 12.3. The van der Waals surface area contributed by atoms with E-state index in [1.54, 1.807) is 17.7 Å². The highest BCUT2D eigenvalue weighted by atomic mass is 16.7. The zero-order valence-corrected chi connectivity index (χ0v) is 15.7. The fourth-order valence-corrected chi connectivity index (χ4v) is 2.91. The van der Waals surface area contributed by atoms with E-state index < -0.39 is 0 Å². The number of methoxy groups -OCH3 is 1. The van der Waals surface area contributed by atoms with Gasteiger partial charge in [-0.05, 0) is 33.2 Å². The topological polar surface area (TPSA) is 57.9 Å². The zero-order valence-electron chi connectivity index (χ0n) is 15.7. The molecule has 0 N–H and O–H groups in total. The quantitative estimate of drug-likeness (QED) is 0.679. The molecule has 0 spiro atoms. The normalized spacial score (nSPS) is 18.4. The van der Waals surface area contributed by atoms with Gasteiger partial charge in [-0.25, -0.2) is 4.52 Å². The van der Waals surface area contributed by atoms with Gasteiger partial charge in [-0.3, -0.25) is 0 Å². The second kappa shape index (κ2) is 5.82. The second-order valence-electron chi connectivity index (χ2n) is 7.51. The van der Waals surface area contributed by atoms with Crippen molar-refractivity contribution in [1.29, 1.82) is 0 Å². The third-order valence-electron chi connectivity index (χ3n) is 5.24. The molecule has 134 valence electrons. The van der Waals surface area contributed by atoms with E-state index in [1.807, 2.05) is 36.5 Å². The Kier molecular flexibility index (Phi) is 3.82. The van der Waals surface area contributed by atoms with Crippen LogP contribution in [0.4, 0.5) is 0 Å². The zero-order chi connectivity index (χ0) is 18.5. The van der Waals surface area contributed by atoms with Crippen LogP contribution in [-0.4, -0.2) is 40.0 Å². The number of nitrogens with zero attached hydrogens (tertiary/aromatic N) is 3. The van der Waals surface area contributed by atoms with Crippen LogP contribution in [0.1, 0.15) is 27.7 Å². The van der Waals surface area contributed by atoms with Gasteiger partial charge in [-0.15, -0.1) is 0 Å². The summed E-state index contributed by atoms with van der Waals surface area (Å²) in [5.41, 5.74) is 2.91. The largest absolute Gasteiger partial charge is 0.494 e. The molecule has 1 aliphatic heterocycles. The van der Waals surface area contributed by atoms with Crippen molar-refractivity contribution in [2.45, 2.75) is 38.9 Å². The number of ether oxygens (including phenoxy) is 1. The Bertz CT molecular complexity index is 934. The minimum absolute atomic E-state index is 0.345. The molecule has 1 fully saturated rings. The molecule has 6 nitrogen and oxygen atoms in total. The highest BCUT2D eigenvalue weighted by Gasteiger charge is 2.51. The summed E-state index contributed by atoms with van der Waals surface area (Å²) in [6.07, 6.45) is 1.84. The van der Waals surface area contributed by atoms with Gasteiger partial charge in [0.15, 0.2) is 5.65 Å². The van der Waals surface area contributed by atoms with E-state index in [9.17, 15) is 0 Å². The highest BCUT2D eigenvalue weighted by Crippen LogP contribution is 2.36.